The van der Waals surface area contributed by atoms with Crippen molar-refractivity contribution in [3.05, 3.63) is 0 Å². The Morgan fingerprint density at radius 3 is 2.56 bits per heavy atom. The maximum atomic E-state index is 8.87. The summed E-state index contributed by atoms with van der Waals surface area (Å²) < 4.78 is 0. The van der Waals surface area contributed by atoms with Crippen molar-refractivity contribution >= 4 is 0 Å². The van der Waals surface area contributed by atoms with Gasteiger partial charge in [-0.15, -0.1) is 0 Å². The zero-order chi connectivity index (χ0) is 12.4. The molecule has 0 aromatic carbocycles. The van der Waals surface area contributed by atoms with E-state index in [1.54, 1.807) is 0 Å². The zero-order valence-electron chi connectivity index (χ0n) is 11.5. The van der Waals surface area contributed by atoms with Gasteiger partial charge < -0.3 is 10.4 Å². The number of aliphatic hydroxyl groups excluding tert-OH is 1. The monoisotopic (exact) mass is 252 g/mol. The van der Waals surface area contributed by atoms with Gasteiger partial charge in [-0.25, -0.2) is 0 Å². The summed E-state index contributed by atoms with van der Waals surface area (Å²) in [6.07, 6.45) is 9.57. The Morgan fingerprint density at radius 1 is 1.06 bits per heavy atom. The van der Waals surface area contributed by atoms with Crippen LogP contribution in [-0.4, -0.2) is 48.3 Å². The summed E-state index contributed by atoms with van der Waals surface area (Å²) in [7, 11) is 0. The first-order valence-corrected chi connectivity index (χ1v) is 7.93. The Labute approximate surface area is 111 Å². The number of nitrogens with zero attached hydrogens (tertiary/aromatic N) is 1. The molecule has 3 rings (SSSR count). The molecule has 2 N–H and O–H groups in total. The third-order valence-corrected chi connectivity index (χ3v) is 4.76. The van der Waals surface area contributed by atoms with Crippen LogP contribution in [-0.2, 0) is 0 Å². The summed E-state index contributed by atoms with van der Waals surface area (Å²) in [6, 6.07) is 1.59. The minimum Gasteiger partial charge on any atom is -0.396 e. The second-order valence-corrected chi connectivity index (χ2v) is 6.69. The second-order valence-electron chi connectivity index (χ2n) is 6.69. The highest BCUT2D eigenvalue weighted by Gasteiger charge is 2.37. The first kappa shape index (κ1) is 12.9. The molecule has 104 valence electrons. The van der Waals surface area contributed by atoms with E-state index in [2.05, 4.69) is 10.2 Å². The molecule has 0 radical (unpaired) electrons. The van der Waals surface area contributed by atoms with Gasteiger partial charge in [0.2, 0.25) is 0 Å². The molecule has 3 nitrogen and oxygen atoms in total. The zero-order valence-corrected chi connectivity index (χ0v) is 11.5. The molecule has 2 unspecified atom stereocenters. The van der Waals surface area contributed by atoms with Gasteiger partial charge in [-0.05, 0) is 50.5 Å². The Morgan fingerprint density at radius 2 is 1.89 bits per heavy atom. The summed E-state index contributed by atoms with van der Waals surface area (Å²) in [4.78, 5) is 2.74. The molecule has 1 heterocycles. The van der Waals surface area contributed by atoms with Crippen molar-refractivity contribution in [1.29, 1.82) is 0 Å². The molecule has 0 aromatic rings. The summed E-state index contributed by atoms with van der Waals surface area (Å²) in [5.41, 5.74) is 0. The SMILES string of the molecule is OCCCNC1CC(CC2CC2)CN(C2CC2)C1. The highest BCUT2D eigenvalue weighted by Crippen LogP contribution is 2.39. The van der Waals surface area contributed by atoms with E-state index in [1.165, 1.54) is 51.6 Å². The molecule has 0 bridgehead atoms. The molecule has 18 heavy (non-hydrogen) atoms. The van der Waals surface area contributed by atoms with E-state index >= 15 is 0 Å². The van der Waals surface area contributed by atoms with E-state index in [4.69, 9.17) is 5.11 Å². The lowest BCUT2D eigenvalue weighted by Crippen LogP contribution is -2.50. The maximum absolute atomic E-state index is 8.87. The van der Waals surface area contributed by atoms with E-state index in [-0.39, 0.29) is 0 Å². The van der Waals surface area contributed by atoms with Gasteiger partial charge in [-0.2, -0.15) is 0 Å². The van der Waals surface area contributed by atoms with Crippen LogP contribution in [0.4, 0.5) is 0 Å². The number of hydrogen-bond acceptors (Lipinski definition) is 3. The van der Waals surface area contributed by atoms with Crippen LogP contribution in [0.3, 0.4) is 0 Å². The van der Waals surface area contributed by atoms with Gasteiger partial charge in [0, 0.05) is 31.8 Å². The van der Waals surface area contributed by atoms with Gasteiger partial charge >= 0.3 is 0 Å². The molecule has 2 saturated carbocycles. The molecular weight excluding hydrogens is 224 g/mol. The minimum atomic E-state index is 0.317. The number of rotatable bonds is 7. The molecule has 0 spiro atoms. The standard InChI is InChI=1S/C15H28N2O/c18-7-1-6-16-14-9-13(8-12-2-3-12)10-17(11-14)15-4-5-15/h12-16,18H,1-11H2. The lowest BCUT2D eigenvalue weighted by Gasteiger charge is -2.38. The molecule has 3 heteroatoms. The van der Waals surface area contributed by atoms with Gasteiger partial charge in [-0.1, -0.05) is 12.8 Å². The van der Waals surface area contributed by atoms with Crippen LogP contribution in [0, 0.1) is 11.8 Å². The third-order valence-electron chi connectivity index (χ3n) is 4.76. The van der Waals surface area contributed by atoms with Gasteiger partial charge in [0.15, 0.2) is 0 Å². The Bertz CT molecular complexity index is 263. The highest BCUT2D eigenvalue weighted by molar-refractivity contribution is 4.93. The van der Waals surface area contributed by atoms with Crippen molar-refractivity contribution in [2.24, 2.45) is 11.8 Å². The van der Waals surface area contributed by atoms with Crippen LogP contribution >= 0.6 is 0 Å². The van der Waals surface area contributed by atoms with Crippen LogP contribution in [0.1, 0.15) is 44.9 Å². The fourth-order valence-corrected chi connectivity index (χ4v) is 3.51. The molecule has 2 atom stereocenters. The van der Waals surface area contributed by atoms with Crippen LogP contribution in [0.15, 0.2) is 0 Å². The fourth-order valence-electron chi connectivity index (χ4n) is 3.51. The van der Waals surface area contributed by atoms with Crippen LogP contribution in [0.5, 0.6) is 0 Å². The first-order chi connectivity index (χ1) is 8.85. The van der Waals surface area contributed by atoms with Crippen LogP contribution in [0.25, 0.3) is 0 Å². The van der Waals surface area contributed by atoms with Gasteiger partial charge in [-0.3, -0.25) is 4.90 Å². The average Bonchev–Trinajstić information content (AvgIpc) is 3.23. The van der Waals surface area contributed by atoms with E-state index in [0.717, 1.165) is 30.8 Å². The molecule has 1 aliphatic heterocycles. The maximum Gasteiger partial charge on any atom is 0.0443 e. The van der Waals surface area contributed by atoms with Gasteiger partial charge in [0.1, 0.15) is 0 Å². The Hall–Kier alpha value is -0.120. The average molecular weight is 252 g/mol. The van der Waals surface area contributed by atoms with Gasteiger partial charge in [0.25, 0.3) is 0 Å². The molecule has 2 aliphatic carbocycles. The van der Waals surface area contributed by atoms with E-state index < -0.39 is 0 Å². The lowest BCUT2D eigenvalue weighted by atomic mass is 9.89. The normalized spacial score (nSPS) is 33.8. The summed E-state index contributed by atoms with van der Waals surface area (Å²) >= 11 is 0. The molecule has 3 aliphatic rings. The Balaban J connectivity index is 1.48. The highest BCUT2D eigenvalue weighted by atomic mass is 16.3. The van der Waals surface area contributed by atoms with E-state index in [9.17, 15) is 0 Å². The van der Waals surface area contributed by atoms with Crippen LogP contribution in [0.2, 0.25) is 0 Å². The Kier molecular flexibility index (Phi) is 4.22. The predicted molar refractivity (Wildman–Crippen MR) is 73.5 cm³/mol. The molecule has 0 amide bonds. The van der Waals surface area contributed by atoms with Crippen molar-refractivity contribution in [1.82, 2.24) is 10.2 Å². The lowest BCUT2D eigenvalue weighted by molar-refractivity contribution is 0.124. The third kappa shape index (κ3) is 3.69. The predicted octanol–water partition coefficient (Wildman–Crippen LogP) is 1.61. The van der Waals surface area contributed by atoms with Crippen molar-refractivity contribution in [2.45, 2.75) is 57.0 Å². The topological polar surface area (TPSA) is 35.5 Å². The number of piperidine rings is 1. The summed E-state index contributed by atoms with van der Waals surface area (Å²) in [6.45, 7) is 3.91. The molecule has 3 fully saturated rings. The minimum absolute atomic E-state index is 0.317. The molecule has 0 aromatic heterocycles. The number of aliphatic hydroxyl groups is 1. The second kappa shape index (κ2) is 5.89. The largest absolute Gasteiger partial charge is 0.396 e. The summed E-state index contributed by atoms with van der Waals surface area (Å²) in [5.74, 6) is 1.99. The fraction of sp³-hybridized carbons (Fsp3) is 1.00. The van der Waals surface area contributed by atoms with Crippen molar-refractivity contribution in [2.75, 3.05) is 26.2 Å². The first-order valence-electron chi connectivity index (χ1n) is 7.93. The van der Waals surface area contributed by atoms with Gasteiger partial charge in [0.05, 0.1) is 0 Å². The smallest absolute Gasteiger partial charge is 0.0443 e. The molecular formula is C15H28N2O. The van der Waals surface area contributed by atoms with Crippen molar-refractivity contribution in [3.63, 3.8) is 0 Å². The van der Waals surface area contributed by atoms with Crippen molar-refractivity contribution < 1.29 is 5.11 Å². The molecule has 1 saturated heterocycles. The number of likely N-dealkylation sites (tertiary alicyclic amines) is 1. The number of hydrogen-bond donors (Lipinski definition) is 2. The quantitative estimate of drug-likeness (QED) is 0.676. The summed E-state index contributed by atoms with van der Waals surface area (Å²) in [5, 5.41) is 12.5. The van der Waals surface area contributed by atoms with E-state index in [1.807, 2.05) is 0 Å². The van der Waals surface area contributed by atoms with E-state index in [0.29, 0.717) is 12.6 Å². The van der Waals surface area contributed by atoms with Crippen LogP contribution < -0.4 is 5.32 Å². The van der Waals surface area contributed by atoms with Crippen molar-refractivity contribution in [3.8, 4) is 0 Å². The number of nitrogens with one attached hydrogen (secondary N) is 1.